The molecule has 0 aromatic rings. The van der Waals surface area contributed by atoms with Crippen LogP contribution in [0.5, 0.6) is 0 Å². The van der Waals surface area contributed by atoms with Gasteiger partial charge in [-0.05, 0) is 0 Å². The monoisotopic (exact) mass is 428 g/mol. The van der Waals surface area contributed by atoms with Crippen LogP contribution in [0.15, 0.2) is 0 Å². The summed E-state index contributed by atoms with van der Waals surface area (Å²) in [5.74, 6) is 0. The maximum absolute atomic E-state index is 3.77. The van der Waals surface area contributed by atoms with Crippen molar-refractivity contribution in [1.82, 2.24) is 0 Å². The van der Waals surface area contributed by atoms with Crippen LogP contribution in [0.2, 0.25) is 0 Å². The predicted molar refractivity (Wildman–Crippen MR) is 49.6 cm³/mol. The smallest absolute Gasteiger partial charge is 1.00 e. The quantitative estimate of drug-likeness (QED) is 0.338. The molecule has 88 valence electrons. The van der Waals surface area contributed by atoms with Gasteiger partial charge in [0.1, 0.15) is 0 Å². The molecule has 0 amide bonds. The Morgan fingerprint density at radius 1 is 0.571 bits per heavy atom. The Bertz CT molecular complexity index is 58.3. The first-order valence-electron chi connectivity index (χ1n) is 3.71. The molecule has 0 nitrogen and oxygen atoms in total. The van der Waals surface area contributed by atoms with E-state index in [1.54, 1.807) is 0 Å². The third kappa shape index (κ3) is 835. The van der Waals surface area contributed by atoms with Gasteiger partial charge in [0.15, 0.2) is 0 Å². The van der Waals surface area contributed by atoms with E-state index in [9.17, 15) is 0 Å². The molecule has 14 heavy (non-hydrogen) atoms. The molecule has 0 aliphatic carbocycles. The van der Waals surface area contributed by atoms with Crippen LogP contribution in [-0.2, 0) is 22.4 Å². The fourth-order valence-corrected chi connectivity index (χ4v) is 0. The second kappa shape index (κ2) is 14.6. The van der Waals surface area contributed by atoms with Crippen LogP contribution in [-0.4, -0.2) is 0 Å². The molecule has 0 aliphatic rings. The Hall–Kier alpha value is 1.61. The van der Waals surface area contributed by atoms with Crippen molar-refractivity contribution in [3.63, 3.8) is 0 Å². The molecule has 0 aromatic heterocycles. The molecular formula is C10H22Cl3Ta. The van der Waals surface area contributed by atoms with Crippen LogP contribution in [0.25, 0.3) is 0 Å². The van der Waals surface area contributed by atoms with Crippen molar-refractivity contribution in [2.24, 2.45) is 10.8 Å². The first-order chi connectivity index (χ1) is 4.00. The molecule has 0 fully saturated rings. The number of hydrogen-bond acceptors (Lipinski definition) is 0. The minimum absolute atomic E-state index is 0. The fraction of sp³-hybridized carbons (Fsp3) is 0.800. The van der Waals surface area contributed by atoms with E-state index in [1.807, 2.05) is 0 Å². The Balaban J connectivity index is -0.0000000178. The first-order valence-corrected chi connectivity index (χ1v) is 3.71. The summed E-state index contributed by atoms with van der Waals surface area (Å²) in [5, 5.41) is 0. The van der Waals surface area contributed by atoms with Gasteiger partial charge in [0, 0.05) is 0 Å². The molecule has 0 spiro atoms. The van der Waals surface area contributed by atoms with Crippen molar-refractivity contribution in [2.75, 3.05) is 0 Å². The zero-order valence-corrected chi connectivity index (χ0v) is 15.5. The van der Waals surface area contributed by atoms with Gasteiger partial charge in [-0.15, -0.1) is 0 Å². The van der Waals surface area contributed by atoms with E-state index in [4.69, 9.17) is 0 Å². The molecule has 0 heterocycles. The molecule has 0 saturated carbocycles. The van der Waals surface area contributed by atoms with E-state index < -0.39 is 0 Å². The van der Waals surface area contributed by atoms with Crippen LogP contribution in [0.3, 0.4) is 0 Å². The standard InChI is InChI=1S/2C5H11.3ClH.Ta/c2*1-5(2,3)4;;;;/h2*1H2,2-4H3;3*1H;/q2*-1;;;;+5/p-3. The minimum Gasteiger partial charge on any atom is -1.00 e. The van der Waals surface area contributed by atoms with Gasteiger partial charge in [-0.3, -0.25) is 0 Å². The van der Waals surface area contributed by atoms with E-state index in [0.29, 0.717) is 0 Å². The van der Waals surface area contributed by atoms with Crippen LogP contribution < -0.4 is 37.2 Å². The third-order valence-corrected chi connectivity index (χ3v) is 0. The number of rotatable bonds is 0. The SMILES string of the molecule is [CH2-]C(C)(C)C.[CH2-]C(C)(C)C.[Cl-].[Cl-].[Cl-].[Ta+5]. The normalized spacial score (nSPS) is 8.57. The predicted octanol–water partition coefficient (Wildman–Crippen LogP) is -5.26. The second-order valence-electron chi connectivity index (χ2n) is 5.12. The Labute approximate surface area is 125 Å². The summed E-state index contributed by atoms with van der Waals surface area (Å²) < 4.78 is 0. The molecule has 4 heteroatoms. The van der Waals surface area contributed by atoms with E-state index in [-0.39, 0.29) is 70.4 Å². The summed E-state index contributed by atoms with van der Waals surface area (Å²) in [4.78, 5) is 0. The molecule has 0 N–H and O–H groups in total. The number of hydrogen-bond donors (Lipinski definition) is 0. The van der Waals surface area contributed by atoms with Crippen LogP contribution >= 0.6 is 0 Å². The average molecular weight is 430 g/mol. The summed E-state index contributed by atoms with van der Waals surface area (Å²) in [6.45, 7) is 20.0. The largest absolute Gasteiger partial charge is 5.00 e. The third-order valence-electron chi connectivity index (χ3n) is 0. The van der Waals surface area contributed by atoms with Crippen molar-refractivity contribution in [3.8, 4) is 0 Å². The van der Waals surface area contributed by atoms with E-state index in [2.05, 4.69) is 55.4 Å². The topological polar surface area (TPSA) is 0 Å². The first kappa shape index (κ1) is 36.1. The maximum Gasteiger partial charge on any atom is 5.00 e. The molecule has 0 saturated heterocycles. The van der Waals surface area contributed by atoms with Gasteiger partial charge in [-0.1, -0.05) is 41.5 Å². The zero-order valence-electron chi connectivity index (χ0n) is 10.00. The average Bonchev–Trinajstić information content (AvgIpc) is 1.12. The summed E-state index contributed by atoms with van der Waals surface area (Å²) in [5.41, 5.74) is 0.500. The molecular weight excluding hydrogens is 407 g/mol. The van der Waals surface area contributed by atoms with E-state index in [0.717, 1.165) is 0 Å². The van der Waals surface area contributed by atoms with E-state index in [1.165, 1.54) is 0 Å². The van der Waals surface area contributed by atoms with Crippen molar-refractivity contribution in [2.45, 2.75) is 41.5 Å². The summed E-state index contributed by atoms with van der Waals surface area (Å²) in [6, 6.07) is 0. The zero-order chi connectivity index (χ0) is 9.00. The molecule has 0 aromatic carbocycles. The van der Waals surface area contributed by atoms with Crippen LogP contribution in [0, 0.1) is 24.7 Å². The van der Waals surface area contributed by atoms with Gasteiger partial charge >= 0.3 is 22.4 Å². The minimum atomic E-state index is 0. The van der Waals surface area contributed by atoms with Gasteiger partial charge < -0.3 is 51.1 Å². The van der Waals surface area contributed by atoms with Crippen molar-refractivity contribution in [3.05, 3.63) is 13.8 Å². The van der Waals surface area contributed by atoms with Crippen LogP contribution in [0.4, 0.5) is 0 Å². The fourth-order valence-electron chi connectivity index (χ4n) is 0. The second-order valence-corrected chi connectivity index (χ2v) is 5.12. The van der Waals surface area contributed by atoms with Crippen LogP contribution in [0.1, 0.15) is 41.5 Å². The van der Waals surface area contributed by atoms with Crippen molar-refractivity contribution >= 4 is 0 Å². The molecule has 0 aliphatic heterocycles. The Morgan fingerprint density at radius 3 is 0.571 bits per heavy atom. The Morgan fingerprint density at radius 2 is 0.571 bits per heavy atom. The summed E-state index contributed by atoms with van der Waals surface area (Å²) in [7, 11) is 0. The van der Waals surface area contributed by atoms with Gasteiger partial charge in [-0.25, -0.2) is 0 Å². The summed E-state index contributed by atoms with van der Waals surface area (Å²) >= 11 is 0. The van der Waals surface area contributed by atoms with Gasteiger partial charge in [-0.2, -0.15) is 10.8 Å². The van der Waals surface area contributed by atoms with Crippen molar-refractivity contribution in [1.29, 1.82) is 0 Å². The van der Waals surface area contributed by atoms with Crippen molar-refractivity contribution < 1.29 is 59.6 Å². The molecule has 0 rings (SSSR count). The van der Waals surface area contributed by atoms with Gasteiger partial charge in [0.25, 0.3) is 0 Å². The summed E-state index contributed by atoms with van der Waals surface area (Å²) in [6.07, 6.45) is 0. The molecule has 0 unspecified atom stereocenters. The molecule has 0 atom stereocenters. The van der Waals surface area contributed by atoms with Gasteiger partial charge in [0.2, 0.25) is 0 Å². The Kier molecular flexibility index (Phi) is 37.7. The van der Waals surface area contributed by atoms with E-state index >= 15 is 0 Å². The molecule has 0 radical (unpaired) electrons. The maximum atomic E-state index is 3.77. The molecule has 0 bridgehead atoms. The van der Waals surface area contributed by atoms with Gasteiger partial charge in [0.05, 0.1) is 0 Å². The number of halogens is 3.